The number of hydrogen-bond acceptors (Lipinski definition) is 2. The normalized spacial score (nSPS) is 20.2. The lowest BCUT2D eigenvalue weighted by Gasteiger charge is -2.19. The van der Waals surface area contributed by atoms with E-state index in [1.165, 1.54) is 7.11 Å². The molecule has 0 bridgehead atoms. The van der Waals surface area contributed by atoms with Gasteiger partial charge in [-0.3, -0.25) is 0 Å². The molecule has 0 saturated carbocycles. The summed E-state index contributed by atoms with van der Waals surface area (Å²) in [6, 6.07) is 2.22. The molecule has 18 heavy (non-hydrogen) atoms. The summed E-state index contributed by atoms with van der Waals surface area (Å²) in [6.45, 7) is 0.876. The Hall–Kier alpha value is -0.750. The van der Waals surface area contributed by atoms with Crippen molar-refractivity contribution in [3.63, 3.8) is 0 Å². The molecule has 1 atom stereocenters. The fraction of sp³-hybridized carbons (Fsp3) is 0.500. The number of methoxy groups -OCH3 is 1. The molecule has 1 aromatic rings. The molecule has 1 N–H and O–H groups in total. The van der Waals surface area contributed by atoms with Gasteiger partial charge in [0.05, 0.1) is 12.7 Å². The molecule has 6 heteroatoms. The Labute approximate surface area is 112 Å². The zero-order valence-corrected chi connectivity index (χ0v) is 11.4. The van der Waals surface area contributed by atoms with Crippen LogP contribution < -0.4 is 10.1 Å². The molecule has 2 nitrogen and oxygen atoms in total. The minimum Gasteiger partial charge on any atom is -0.496 e. The second-order valence-electron chi connectivity index (χ2n) is 4.22. The van der Waals surface area contributed by atoms with Crippen molar-refractivity contribution < 1.29 is 17.9 Å². The van der Waals surface area contributed by atoms with E-state index in [0.29, 0.717) is 4.47 Å². The third-order valence-corrected chi connectivity index (χ3v) is 3.70. The Morgan fingerprint density at radius 1 is 1.39 bits per heavy atom. The Kier molecular flexibility index (Phi) is 3.87. The van der Waals surface area contributed by atoms with Crippen LogP contribution in [0.1, 0.15) is 30.0 Å². The van der Waals surface area contributed by atoms with Crippen molar-refractivity contribution in [3.8, 4) is 5.75 Å². The Morgan fingerprint density at radius 3 is 2.61 bits per heavy atom. The smallest absolute Gasteiger partial charge is 0.416 e. The van der Waals surface area contributed by atoms with Gasteiger partial charge in [0, 0.05) is 16.1 Å². The first kappa shape index (κ1) is 13.7. The lowest BCUT2D eigenvalue weighted by molar-refractivity contribution is -0.137. The first-order valence-electron chi connectivity index (χ1n) is 5.61. The maximum absolute atomic E-state index is 12.7. The lowest BCUT2D eigenvalue weighted by Crippen LogP contribution is -2.15. The second kappa shape index (κ2) is 5.09. The van der Waals surface area contributed by atoms with E-state index in [1.54, 1.807) is 0 Å². The predicted molar refractivity (Wildman–Crippen MR) is 65.7 cm³/mol. The fourth-order valence-electron chi connectivity index (χ4n) is 2.19. The molecular formula is C12H13BrF3NO. The standard InChI is InChI=1S/C12H13BrF3NO/c1-18-10-6-7(12(14,15)16)5-8(13)11(10)9-3-2-4-17-9/h5-6,9,17H,2-4H2,1H3. The molecule has 2 rings (SSSR count). The van der Waals surface area contributed by atoms with E-state index in [0.717, 1.165) is 37.1 Å². The monoisotopic (exact) mass is 323 g/mol. The van der Waals surface area contributed by atoms with Gasteiger partial charge in [0.2, 0.25) is 0 Å². The summed E-state index contributed by atoms with van der Waals surface area (Å²) in [6.07, 6.45) is -2.45. The minimum atomic E-state index is -4.36. The topological polar surface area (TPSA) is 21.3 Å². The van der Waals surface area contributed by atoms with Crippen molar-refractivity contribution in [3.05, 3.63) is 27.7 Å². The summed E-state index contributed by atoms with van der Waals surface area (Å²) in [7, 11) is 1.39. The molecule has 0 spiro atoms. The summed E-state index contributed by atoms with van der Waals surface area (Å²) < 4.78 is 43.6. The van der Waals surface area contributed by atoms with E-state index >= 15 is 0 Å². The molecule has 0 amide bonds. The Balaban J connectivity index is 2.47. The molecule has 1 unspecified atom stereocenters. The van der Waals surface area contributed by atoms with E-state index in [-0.39, 0.29) is 11.8 Å². The summed E-state index contributed by atoms with van der Waals surface area (Å²) >= 11 is 3.22. The molecule has 1 saturated heterocycles. The van der Waals surface area contributed by atoms with Crippen molar-refractivity contribution in [2.45, 2.75) is 25.1 Å². The maximum Gasteiger partial charge on any atom is 0.416 e. The molecule has 1 aliphatic rings. The second-order valence-corrected chi connectivity index (χ2v) is 5.08. The van der Waals surface area contributed by atoms with Crippen molar-refractivity contribution in [2.75, 3.05) is 13.7 Å². The number of benzene rings is 1. The first-order chi connectivity index (χ1) is 8.43. The number of ether oxygens (including phenoxy) is 1. The summed E-state index contributed by atoms with van der Waals surface area (Å²) in [5.41, 5.74) is 0.0657. The van der Waals surface area contributed by atoms with Gasteiger partial charge in [0.15, 0.2) is 0 Å². The largest absolute Gasteiger partial charge is 0.496 e. The van der Waals surface area contributed by atoms with E-state index in [9.17, 15) is 13.2 Å². The maximum atomic E-state index is 12.7. The van der Waals surface area contributed by atoms with Crippen LogP contribution >= 0.6 is 15.9 Å². The summed E-state index contributed by atoms with van der Waals surface area (Å²) in [4.78, 5) is 0. The van der Waals surface area contributed by atoms with Crippen LogP contribution in [0.3, 0.4) is 0 Å². The SMILES string of the molecule is COc1cc(C(F)(F)F)cc(Br)c1C1CCCN1. The number of rotatable bonds is 2. The average molecular weight is 324 g/mol. The van der Waals surface area contributed by atoms with Gasteiger partial charge < -0.3 is 10.1 Å². The summed E-state index contributed by atoms with van der Waals surface area (Å²) in [5.74, 6) is 0.274. The Morgan fingerprint density at radius 2 is 2.11 bits per heavy atom. The van der Waals surface area contributed by atoms with Crippen molar-refractivity contribution in [1.82, 2.24) is 5.32 Å². The molecule has 100 valence electrons. The quantitative estimate of drug-likeness (QED) is 0.891. The third-order valence-electron chi connectivity index (χ3n) is 3.05. The van der Waals surface area contributed by atoms with E-state index in [1.807, 2.05) is 0 Å². The van der Waals surface area contributed by atoms with Gasteiger partial charge in [-0.1, -0.05) is 15.9 Å². The van der Waals surface area contributed by atoms with Gasteiger partial charge in [-0.25, -0.2) is 0 Å². The Bertz CT molecular complexity index is 442. The van der Waals surface area contributed by atoms with Crippen LogP contribution in [-0.4, -0.2) is 13.7 Å². The van der Waals surface area contributed by atoms with Crippen LogP contribution in [0.2, 0.25) is 0 Å². The molecular weight excluding hydrogens is 311 g/mol. The van der Waals surface area contributed by atoms with Gasteiger partial charge in [-0.2, -0.15) is 13.2 Å². The van der Waals surface area contributed by atoms with E-state index in [2.05, 4.69) is 21.2 Å². The van der Waals surface area contributed by atoms with Crippen LogP contribution in [0.15, 0.2) is 16.6 Å². The van der Waals surface area contributed by atoms with Gasteiger partial charge in [-0.05, 0) is 31.5 Å². The molecule has 1 aliphatic heterocycles. The minimum absolute atomic E-state index is 0.0524. The molecule has 1 fully saturated rings. The van der Waals surface area contributed by atoms with Crippen LogP contribution in [-0.2, 0) is 6.18 Å². The third kappa shape index (κ3) is 2.64. The van der Waals surface area contributed by atoms with Crippen molar-refractivity contribution in [1.29, 1.82) is 0 Å². The van der Waals surface area contributed by atoms with Gasteiger partial charge in [0.1, 0.15) is 5.75 Å². The average Bonchev–Trinajstić information content (AvgIpc) is 2.79. The molecule has 0 radical (unpaired) electrons. The number of alkyl halides is 3. The predicted octanol–water partition coefficient (Wildman–Crippen LogP) is 3.90. The summed E-state index contributed by atoms with van der Waals surface area (Å²) in [5, 5.41) is 3.26. The van der Waals surface area contributed by atoms with Gasteiger partial charge >= 0.3 is 6.18 Å². The molecule has 0 aromatic heterocycles. The van der Waals surface area contributed by atoms with Crippen LogP contribution in [0.25, 0.3) is 0 Å². The highest BCUT2D eigenvalue weighted by atomic mass is 79.9. The number of hydrogen-bond donors (Lipinski definition) is 1. The van der Waals surface area contributed by atoms with Crippen LogP contribution in [0.4, 0.5) is 13.2 Å². The van der Waals surface area contributed by atoms with Crippen molar-refractivity contribution in [2.24, 2.45) is 0 Å². The highest BCUT2D eigenvalue weighted by Gasteiger charge is 2.33. The lowest BCUT2D eigenvalue weighted by atomic mass is 10.0. The molecule has 1 aromatic carbocycles. The van der Waals surface area contributed by atoms with E-state index < -0.39 is 11.7 Å². The number of nitrogens with one attached hydrogen (secondary N) is 1. The van der Waals surface area contributed by atoms with Crippen LogP contribution in [0.5, 0.6) is 5.75 Å². The van der Waals surface area contributed by atoms with E-state index in [4.69, 9.17) is 4.74 Å². The van der Waals surface area contributed by atoms with Crippen LogP contribution in [0, 0.1) is 0 Å². The molecule has 0 aliphatic carbocycles. The highest BCUT2D eigenvalue weighted by Crippen LogP contribution is 2.41. The zero-order chi connectivity index (χ0) is 13.3. The van der Waals surface area contributed by atoms with Crippen molar-refractivity contribution >= 4 is 15.9 Å². The molecule has 1 heterocycles. The first-order valence-corrected chi connectivity index (χ1v) is 6.41. The van der Waals surface area contributed by atoms with Gasteiger partial charge in [-0.15, -0.1) is 0 Å². The zero-order valence-electron chi connectivity index (χ0n) is 9.77. The fourth-order valence-corrected chi connectivity index (χ4v) is 2.91. The highest BCUT2D eigenvalue weighted by molar-refractivity contribution is 9.10. The van der Waals surface area contributed by atoms with Gasteiger partial charge in [0.25, 0.3) is 0 Å². The number of halogens is 4.